The monoisotopic (exact) mass is 778 g/mol. The van der Waals surface area contributed by atoms with Crippen molar-refractivity contribution in [2.45, 2.75) is 82.1 Å². The van der Waals surface area contributed by atoms with E-state index in [1.165, 1.54) is 5.01 Å². The Morgan fingerprint density at radius 1 is 0.982 bits per heavy atom. The molecule has 4 aromatic carbocycles. The van der Waals surface area contributed by atoms with Crippen LogP contribution in [-0.2, 0) is 44.2 Å². The molecule has 0 unspecified atom stereocenters. The first-order valence-corrected chi connectivity index (χ1v) is 22.2. The summed E-state index contributed by atoms with van der Waals surface area (Å²) in [6.07, 6.45) is 0.368. The number of aliphatic hydroxyl groups excluding tert-OH is 1. The number of aliphatic hydroxyl groups is 1. The second-order valence-electron chi connectivity index (χ2n) is 15.6. The average Bonchev–Trinajstić information content (AvgIpc) is 3.60. The minimum atomic E-state index is -3.57. The zero-order valence-corrected chi connectivity index (χ0v) is 32.9. The summed E-state index contributed by atoms with van der Waals surface area (Å²) in [5.41, 5.74) is 4.10. The summed E-state index contributed by atoms with van der Waals surface area (Å²) in [4.78, 5) is 45.7. The van der Waals surface area contributed by atoms with E-state index in [-0.39, 0.29) is 37.3 Å². The molecule has 5 atom stereocenters. The molecule has 0 saturated carbocycles. The van der Waals surface area contributed by atoms with Crippen molar-refractivity contribution in [2.24, 2.45) is 11.0 Å². The van der Waals surface area contributed by atoms with E-state index in [0.717, 1.165) is 28.0 Å². The van der Waals surface area contributed by atoms with Crippen LogP contribution >= 0.6 is 11.6 Å². The third-order valence-corrected chi connectivity index (χ3v) is 14.5. The molecule has 0 radical (unpaired) electrons. The van der Waals surface area contributed by atoms with Crippen LogP contribution < -0.4 is 9.91 Å². The molecule has 1 saturated heterocycles. The molecule has 3 amide bonds. The van der Waals surface area contributed by atoms with Gasteiger partial charge < -0.3 is 23.8 Å². The van der Waals surface area contributed by atoms with Crippen molar-refractivity contribution in [2.75, 3.05) is 16.5 Å². The number of anilines is 2. The van der Waals surface area contributed by atoms with E-state index in [4.69, 9.17) is 21.4 Å². The zero-order chi connectivity index (χ0) is 38.6. The third kappa shape index (κ3) is 6.60. The predicted molar refractivity (Wildman–Crippen MR) is 213 cm³/mol. The lowest BCUT2D eigenvalue weighted by Crippen LogP contribution is -2.48. The molecule has 12 heteroatoms. The molecule has 1 fully saturated rings. The summed E-state index contributed by atoms with van der Waals surface area (Å²) in [6.45, 7) is 5.35. The maximum absolute atomic E-state index is 16.6. The van der Waals surface area contributed by atoms with Gasteiger partial charge >= 0.3 is 0 Å². The van der Waals surface area contributed by atoms with Gasteiger partial charge in [-0.1, -0.05) is 85.3 Å². The minimum absolute atomic E-state index is 0.120. The van der Waals surface area contributed by atoms with Gasteiger partial charge in [0.05, 0.1) is 48.8 Å². The van der Waals surface area contributed by atoms with Crippen molar-refractivity contribution in [3.63, 3.8) is 0 Å². The molecule has 4 heterocycles. The maximum atomic E-state index is 16.6. The molecule has 4 aliphatic rings. The lowest BCUT2D eigenvalue weighted by molar-refractivity contribution is -0.151. The average molecular weight is 779 g/mol. The summed E-state index contributed by atoms with van der Waals surface area (Å²) in [5.74, 6) is -1.34. The second-order valence-corrected chi connectivity index (χ2v) is 19.9. The van der Waals surface area contributed by atoms with Crippen molar-refractivity contribution < 1.29 is 28.3 Å². The molecule has 0 bridgehead atoms. The Morgan fingerprint density at radius 3 is 2.47 bits per heavy atom. The van der Waals surface area contributed by atoms with Crippen LogP contribution in [0, 0.1) is 5.92 Å². The van der Waals surface area contributed by atoms with E-state index in [1.54, 1.807) is 41.1 Å². The van der Waals surface area contributed by atoms with Gasteiger partial charge in [-0.05, 0) is 72.1 Å². The number of nitrogens with zero attached hydrogens (tertiary/aromatic N) is 4. The molecule has 0 aliphatic carbocycles. The van der Waals surface area contributed by atoms with Gasteiger partial charge in [0.1, 0.15) is 0 Å². The topological polar surface area (TPSA) is 103 Å². The fourth-order valence-electron chi connectivity index (χ4n) is 9.27. The first-order chi connectivity index (χ1) is 26.4. The van der Waals surface area contributed by atoms with Crippen molar-refractivity contribution in [1.82, 2.24) is 4.90 Å². The largest absolute Gasteiger partial charge is 0.394 e. The summed E-state index contributed by atoms with van der Waals surface area (Å²) < 4.78 is 23.5. The molecular weight excluding hydrogens is 735 g/mol. The van der Waals surface area contributed by atoms with Crippen LogP contribution in [-0.4, -0.2) is 60.6 Å². The normalized spacial score (nSPS) is 25.0. The SMILES string of the molecule is C[C@H]1[C@H]([Si](C)(C)F)[C@@H](CC(=O)N2Cc3ccccc3C[C@H]2CO)O[C@]12C(=O)N(Cc1cccc(N3N=C(c4ccccc4)CCC3=O)c1)c1ccc(Cl)cc12. The van der Waals surface area contributed by atoms with E-state index in [1.807, 2.05) is 85.8 Å². The van der Waals surface area contributed by atoms with Crippen LogP contribution in [0.15, 0.2) is 102 Å². The van der Waals surface area contributed by atoms with Gasteiger partial charge in [-0.2, -0.15) is 5.10 Å². The Kier molecular flexibility index (Phi) is 9.77. The second kappa shape index (κ2) is 14.4. The fourth-order valence-corrected chi connectivity index (χ4v) is 11.9. The van der Waals surface area contributed by atoms with E-state index in [2.05, 4.69) is 0 Å². The van der Waals surface area contributed by atoms with E-state index in [9.17, 15) is 14.7 Å². The molecule has 0 aromatic heterocycles. The van der Waals surface area contributed by atoms with Gasteiger partial charge in [-0.25, -0.2) is 5.01 Å². The number of hydrogen-bond acceptors (Lipinski definition) is 6. The number of hydrogen-bond donors (Lipinski definition) is 1. The number of rotatable bonds is 8. The zero-order valence-electron chi connectivity index (χ0n) is 31.1. The molecule has 8 rings (SSSR count). The third-order valence-electron chi connectivity index (χ3n) is 11.8. The lowest BCUT2D eigenvalue weighted by Gasteiger charge is -2.37. The van der Waals surface area contributed by atoms with E-state index < -0.39 is 37.6 Å². The highest BCUT2D eigenvalue weighted by Crippen LogP contribution is 2.60. The number of fused-ring (bicyclic) bond motifs is 3. The van der Waals surface area contributed by atoms with Gasteiger partial charge in [0.25, 0.3) is 5.91 Å². The van der Waals surface area contributed by atoms with Crippen LogP contribution in [0.4, 0.5) is 15.5 Å². The Labute approximate surface area is 326 Å². The van der Waals surface area contributed by atoms with Gasteiger partial charge in [-0.3, -0.25) is 14.4 Å². The van der Waals surface area contributed by atoms with Crippen molar-refractivity contribution >= 4 is 54.8 Å². The molecule has 1 spiro atoms. The number of halogens is 2. The highest BCUT2D eigenvalue weighted by atomic mass is 35.5. The Balaban J connectivity index is 1.10. The van der Waals surface area contributed by atoms with Crippen LogP contribution in [0.2, 0.25) is 23.7 Å². The molecule has 284 valence electrons. The first kappa shape index (κ1) is 37.3. The maximum Gasteiger partial charge on any atom is 0.264 e. The lowest BCUT2D eigenvalue weighted by atomic mass is 9.82. The number of carbonyl (C=O) groups is 3. The number of amides is 3. The van der Waals surface area contributed by atoms with Gasteiger partial charge in [-0.15, -0.1) is 0 Å². The number of carbonyl (C=O) groups excluding carboxylic acids is 3. The Hall–Kier alpha value is -4.68. The summed E-state index contributed by atoms with van der Waals surface area (Å²) in [5, 5.41) is 16.9. The standard InChI is InChI=1S/C43H44ClFN4O5Si/c1-27-41(55(2,3)45)38(23-40(52)47-25-31-14-8-7-13-30(31)21-34(47)26-50)54-43(27)35-22-32(44)16-18-37(35)48(42(43)53)24-28-10-9-15-33(20-28)49-39(51)19-17-36(46-49)29-11-5-4-6-12-29/h4-16,18,20,22,27,34,38,41,50H,17,19,21,23-26H2,1-3H3/t27-,34-,38+,41-,43+/m0/s1. The fraction of sp³-hybridized carbons (Fsp3) is 0.349. The first-order valence-electron chi connectivity index (χ1n) is 18.9. The van der Waals surface area contributed by atoms with Gasteiger partial charge in [0.15, 0.2) is 5.60 Å². The molecule has 55 heavy (non-hydrogen) atoms. The molecular formula is C43H44ClFN4O5Si. The van der Waals surface area contributed by atoms with E-state index >= 15 is 8.90 Å². The van der Waals surface area contributed by atoms with Crippen molar-refractivity contribution in [3.8, 4) is 0 Å². The van der Waals surface area contributed by atoms with Crippen molar-refractivity contribution in [3.05, 3.63) is 130 Å². The molecule has 4 aromatic rings. The number of benzene rings is 4. The van der Waals surface area contributed by atoms with Crippen LogP contribution in [0.1, 0.15) is 54.0 Å². The summed E-state index contributed by atoms with van der Waals surface area (Å²) >= 11 is 6.60. The predicted octanol–water partition coefficient (Wildman–Crippen LogP) is 7.53. The Morgan fingerprint density at radius 2 is 1.73 bits per heavy atom. The minimum Gasteiger partial charge on any atom is -0.394 e. The molecule has 1 N–H and O–H groups in total. The van der Waals surface area contributed by atoms with Crippen LogP contribution in [0.5, 0.6) is 0 Å². The van der Waals surface area contributed by atoms with E-state index in [0.29, 0.717) is 47.8 Å². The Bertz CT molecular complexity index is 2200. The summed E-state index contributed by atoms with van der Waals surface area (Å²) in [6, 6.07) is 29.9. The van der Waals surface area contributed by atoms with Crippen LogP contribution in [0.3, 0.4) is 0 Å². The van der Waals surface area contributed by atoms with Crippen molar-refractivity contribution in [1.29, 1.82) is 0 Å². The highest BCUT2D eigenvalue weighted by Gasteiger charge is 2.67. The molecule has 9 nitrogen and oxygen atoms in total. The highest BCUT2D eigenvalue weighted by molar-refractivity contribution is 6.72. The van der Waals surface area contributed by atoms with Gasteiger partial charge in [0, 0.05) is 41.4 Å². The number of ether oxygens (including phenoxy) is 1. The smallest absolute Gasteiger partial charge is 0.264 e. The number of hydrazone groups is 1. The van der Waals surface area contributed by atoms with Crippen LogP contribution in [0.25, 0.3) is 0 Å². The van der Waals surface area contributed by atoms with Gasteiger partial charge in [0.2, 0.25) is 20.2 Å². The molecule has 4 aliphatic heterocycles. The quantitative estimate of drug-likeness (QED) is 0.147. The summed E-state index contributed by atoms with van der Waals surface area (Å²) in [7, 11) is -3.57.